The number of anilines is 1. The van der Waals surface area contributed by atoms with Crippen LogP contribution in [0.1, 0.15) is 44.2 Å². The summed E-state index contributed by atoms with van der Waals surface area (Å²) in [6.07, 6.45) is 1.56. The van der Waals surface area contributed by atoms with Gasteiger partial charge in [-0.2, -0.15) is 0 Å². The summed E-state index contributed by atoms with van der Waals surface area (Å²) in [5, 5.41) is 2.95. The first-order chi connectivity index (χ1) is 9.93. The van der Waals surface area contributed by atoms with Crippen LogP contribution < -0.4 is 10.2 Å². The Morgan fingerprint density at radius 3 is 2.48 bits per heavy atom. The number of benzene rings is 1. The SMILES string of the molecule is CCC1(CC)NC(=O)CCN(c2cc(C)ccc2C)C1=O. The van der Waals surface area contributed by atoms with Crippen molar-refractivity contribution < 1.29 is 9.59 Å². The Morgan fingerprint density at radius 2 is 1.86 bits per heavy atom. The molecule has 1 N–H and O–H groups in total. The van der Waals surface area contributed by atoms with Crippen molar-refractivity contribution in [2.75, 3.05) is 11.4 Å². The van der Waals surface area contributed by atoms with Gasteiger partial charge in [-0.3, -0.25) is 9.59 Å². The number of nitrogens with one attached hydrogen (secondary N) is 1. The summed E-state index contributed by atoms with van der Waals surface area (Å²) in [5.41, 5.74) is 2.32. The second-order valence-corrected chi connectivity index (χ2v) is 5.83. The number of hydrogen-bond donors (Lipinski definition) is 1. The lowest BCUT2D eigenvalue weighted by Crippen LogP contribution is -2.56. The molecule has 2 rings (SSSR count). The molecule has 1 aliphatic rings. The molecule has 4 nitrogen and oxygen atoms in total. The molecule has 0 spiro atoms. The Kier molecular flexibility index (Phi) is 4.35. The quantitative estimate of drug-likeness (QED) is 0.929. The van der Waals surface area contributed by atoms with Gasteiger partial charge in [-0.1, -0.05) is 26.0 Å². The van der Waals surface area contributed by atoms with Gasteiger partial charge in [0.1, 0.15) is 5.54 Å². The average molecular weight is 288 g/mol. The Balaban J connectivity index is 2.49. The minimum atomic E-state index is -0.774. The maximum atomic E-state index is 13.1. The van der Waals surface area contributed by atoms with Crippen LogP contribution in [-0.2, 0) is 9.59 Å². The van der Waals surface area contributed by atoms with Crippen molar-refractivity contribution >= 4 is 17.5 Å². The maximum Gasteiger partial charge on any atom is 0.252 e. The van der Waals surface area contributed by atoms with Crippen LogP contribution in [-0.4, -0.2) is 23.9 Å². The third-order valence-electron chi connectivity index (χ3n) is 4.46. The minimum absolute atomic E-state index is 0.00653. The Hall–Kier alpha value is -1.84. The molecule has 1 aromatic carbocycles. The van der Waals surface area contributed by atoms with E-state index >= 15 is 0 Å². The Bertz CT molecular complexity index is 562. The molecule has 0 atom stereocenters. The monoisotopic (exact) mass is 288 g/mol. The van der Waals surface area contributed by atoms with Gasteiger partial charge in [0.25, 0.3) is 5.91 Å². The zero-order valence-corrected chi connectivity index (χ0v) is 13.3. The van der Waals surface area contributed by atoms with E-state index < -0.39 is 5.54 Å². The fraction of sp³-hybridized carbons (Fsp3) is 0.529. The first-order valence-electron chi connectivity index (χ1n) is 7.63. The average Bonchev–Trinajstić information content (AvgIpc) is 2.59. The van der Waals surface area contributed by atoms with Crippen molar-refractivity contribution in [1.29, 1.82) is 0 Å². The second-order valence-electron chi connectivity index (χ2n) is 5.83. The minimum Gasteiger partial charge on any atom is -0.342 e. The molecule has 1 aromatic rings. The molecule has 1 saturated heterocycles. The molecule has 2 amide bonds. The summed E-state index contributed by atoms with van der Waals surface area (Å²) in [6, 6.07) is 6.09. The molecule has 1 aliphatic heterocycles. The van der Waals surface area contributed by atoms with Crippen molar-refractivity contribution in [3.05, 3.63) is 29.3 Å². The second kappa shape index (κ2) is 5.88. The van der Waals surface area contributed by atoms with Gasteiger partial charge in [0.2, 0.25) is 5.91 Å². The predicted molar refractivity (Wildman–Crippen MR) is 84.3 cm³/mol. The number of carbonyl (C=O) groups excluding carboxylic acids is 2. The van der Waals surface area contributed by atoms with Crippen molar-refractivity contribution in [2.45, 2.75) is 52.5 Å². The van der Waals surface area contributed by atoms with E-state index in [1.165, 1.54) is 0 Å². The van der Waals surface area contributed by atoms with Crippen LogP contribution in [0, 0.1) is 13.8 Å². The van der Waals surface area contributed by atoms with Gasteiger partial charge in [0.05, 0.1) is 0 Å². The van der Waals surface area contributed by atoms with Crippen LogP contribution in [0.2, 0.25) is 0 Å². The van der Waals surface area contributed by atoms with E-state index in [1.54, 1.807) is 4.90 Å². The van der Waals surface area contributed by atoms with E-state index in [4.69, 9.17) is 0 Å². The smallest absolute Gasteiger partial charge is 0.252 e. The number of hydrogen-bond acceptors (Lipinski definition) is 2. The van der Waals surface area contributed by atoms with E-state index in [2.05, 4.69) is 5.32 Å². The molecule has 0 aliphatic carbocycles. The summed E-state index contributed by atoms with van der Waals surface area (Å²) in [6.45, 7) is 8.36. The van der Waals surface area contributed by atoms with Gasteiger partial charge in [-0.15, -0.1) is 0 Å². The fourth-order valence-electron chi connectivity index (χ4n) is 2.93. The number of nitrogens with zero attached hydrogens (tertiary/aromatic N) is 1. The van der Waals surface area contributed by atoms with Gasteiger partial charge in [0, 0.05) is 18.7 Å². The van der Waals surface area contributed by atoms with E-state index in [0.717, 1.165) is 16.8 Å². The molecule has 1 fully saturated rings. The lowest BCUT2D eigenvalue weighted by Gasteiger charge is -2.34. The van der Waals surface area contributed by atoms with E-state index in [0.29, 0.717) is 25.8 Å². The lowest BCUT2D eigenvalue weighted by molar-refractivity contribution is -0.130. The van der Waals surface area contributed by atoms with Crippen LogP contribution in [0.25, 0.3) is 0 Å². The van der Waals surface area contributed by atoms with Gasteiger partial charge < -0.3 is 10.2 Å². The normalized spacial score (nSPS) is 18.4. The Morgan fingerprint density at radius 1 is 1.19 bits per heavy atom. The highest BCUT2D eigenvalue weighted by Crippen LogP contribution is 2.29. The lowest BCUT2D eigenvalue weighted by atomic mass is 9.91. The zero-order chi connectivity index (χ0) is 15.6. The molecular formula is C17H24N2O2. The summed E-state index contributed by atoms with van der Waals surface area (Å²) in [4.78, 5) is 26.8. The van der Waals surface area contributed by atoms with Gasteiger partial charge >= 0.3 is 0 Å². The highest BCUT2D eigenvalue weighted by atomic mass is 16.2. The molecule has 0 saturated carbocycles. The number of aryl methyl sites for hydroxylation is 2. The van der Waals surface area contributed by atoms with Crippen molar-refractivity contribution in [2.24, 2.45) is 0 Å². The van der Waals surface area contributed by atoms with Gasteiger partial charge in [-0.25, -0.2) is 0 Å². The Labute approximate surface area is 126 Å². The summed E-state index contributed by atoms with van der Waals surface area (Å²) in [5.74, 6) is -0.0353. The molecule has 0 unspecified atom stereocenters. The molecule has 114 valence electrons. The highest BCUT2D eigenvalue weighted by molar-refractivity contribution is 6.04. The van der Waals surface area contributed by atoms with Crippen LogP contribution in [0.15, 0.2) is 18.2 Å². The zero-order valence-electron chi connectivity index (χ0n) is 13.3. The van der Waals surface area contributed by atoms with Crippen molar-refractivity contribution in [3.63, 3.8) is 0 Å². The van der Waals surface area contributed by atoms with E-state index in [-0.39, 0.29) is 11.8 Å². The molecule has 0 aromatic heterocycles. The van der Waals surface area contributed by atoms with E-state index in [1.807, 2.05) is 45.9 Å². The number of carbonyl (C=O) groups is 2. The number of rotatable bonds is 3. The molecule has 4 heteroatoms. The molecule has 0 bridgehead atoms. The largest absolute Gasteiger partial charge is 0.342 e. The van der Waals surface area contributed by atoms with Crippen molar-refractivity contribution in [1.82, 2.24) is 5.32 Å². The van der Waals surface area contributed by atoms with E-state index in [9.17, 15) is 9.59 Å². The summed E-state index contributed by atoms with van der Waals surface area (Å²) in [7, 11) is 0. The first kappa shape index (κ1) is 15.5. The van der Waals surface area contributed by atoms with Crippen LogP contribution in [0.4, 0.5) is 5.69 Å². The third kappa shape index (κ3) is 2.80. The third-order valence-corrected chi connectivity index (χ3v) is 4.46. The number of amides is 2. The summed E-state index contributed by atoms with van der Waals surface area (Å²) >= 11 is 0. The molecule has 0 radical (unpaired) electrons. The van der Waals surface area contributed by atoms with Crippen LogP contribution in [0.5, 0.6) is 0 Å². The molecule has 1 heterocycles. The van der Waals surface area contributed by atoms with Crippen LogP contribution >= 0.6 is 0 Å². The predicted octanol–water partition coefficient (Wildman–Crippen LogP) is 2.72. The first-order valence-corrected chi connectivity index (χ1v) is 7.63. The van der Waals surface area contributed by atoms with Crippen LogP contribution in [0.3, 0.4) is 0 Å². The topological polar surface area (TPSA) is 49.4 Å². The standard InChI is InChI=1S/C17H24N2O2/c1-5-17(6-2)16(21)19(10-9-15(20)18-17)14-11-12(3)7-8-13(14)4/h7-8,11H,5-6,9-10H2,1-4H3,(H,18,20). The molecule has 21 heavy (non-hydrogen) atoms. The van der Waals surface area contributed by atoms with Gasteiger partial charge in [0.15, 0.2) is 0 Å². The van der Waals surface area contributed by atoms with Gasteiger partial charge in [-0.05, 0) is 43.9 Å². The summed E-state index contributed by atoms with van der Waals surface area (Å²) < 4.78 is 0. The highest BCUT2D eigenvalue weighted by Gasteiger charge is 2.42. The van der Waals surface area contributed by atoms with Crippen molar-refractivity contribution in [3.8, 4) is 0 Å². The maximum absolute atomic E-state index is 13.1. The fourth-order valence-corrected chi connectivity index (χ4v) is 2.93. The molecular weight excluding hydrogens is 264 g/mol.